The smallest absolute Gasteiger partial charge is 0.351 e. The van der Waals surface area contributed by atoms with Crippen LogP contribution in [0.25, 0.3) is 11.3 Å². The second-order valence-corrected chi connectivity index (χ2v) is 6.49. The van der Waals surface area contributed by atoms with Gasteiger partial charge in [-0.15, -0.1) is 0 Å². The molecule has 25 heavy (non-hydrogen) atoms. The molecular weight excluding hydrogens is 379 g/mol. The highest BCUT2D eigenvalue weighted by molar-refractivity contribution is 7.85. The number of hydrogen-bond acceptors (Lipinski definition) is 3. The molecule has 0 aliphatic rings. The lowest BCUT2D eigenvalue weighted by Crippen LogP contribution is -2.18. The Kier molecular flexibility index (Phi) is 5.26. The van der Waals surface area contributed by atoms with Gasteiger partial charge in [-0.2, -0.15) is 26.3 Å². The van der Waals surface area contributed by atoms with Crippen molar-refractivity contribution in [3.8, 4) is 11.3 Å². The van der Waals surface area contributed by atoms with Gasteiger partial charge < -0.3 is 4.52 Å². The predicted molar refractivity (Wildman–Crippen MR) is 73.8 cm³/mol. The van der Waals surface area contributed by atoms with Gasteiger partial charge in [0.15, 0.2) is 0 Å². The minimum absolute atomic E-state index is 0.113. The molecule has 0 bridgehead atoms. The Bertz CT molecular complexity index is 795. The van der Waals surface area contributed by atoms with E-state index in [2.05, 4.69) is 9.68 Å². The molecule has 0 fully saturated rings. The molecular formula is C14H10F7NO2S. The summed E-state index contributed by atoms with van der Waals surface area (Å²) in [5, 5.41) is 3.25. The van der Waals surface area contributed by atoms with Crippen molar-refractivity contribution in [3.63, 3.8) is 0 Å². The number of aromatic nitrogens is 1. The first kappa shape index (κ1) is 19.4. The van der Waals surface area contributed by atoms with Crippen molar-refractivity contribution >= 4 is 10.8 Å². The second-order valence-electron chi connectivity index (χ2n) is 5.04. The average molecular weight is 389 g/mol. The van der Waals surface area contributed by atoms with Gasteiger partial charge in [0, 0.05) is 16.0 Å². The van der Waals surface area contributed by atoms with Crippen LogP contribution in [0, 0.1) is 6.92 Å². The summed E-state index contributed by atoms with van der Waals surface area (Å²) in [5.74, 6) is -3.03. The van der Waals surface area contributed by atoms with Crippen molar-refractivity contribution in [3.05, 3.63) is 35.1 Å². The van der Waals surface area contributed by atoms with E-state index in [4.69, 9.17) is 0 Å². The SMILES string of the molecule is Cc1c(-c2cc(S(=O)CC(F)(F)F)ccc2CF)noc1C(F)(F)F. The quantitative estimate of drug-likeness (QED) is 0.705. The molecule has 2 rings (SSSR count). The van der Waals surface area contributed by atoms with Crippen molar-refractivity contribution < 1.29 is 39.5 Å². The van der Waals surface area contributed by atoms with E-state index in [-0.39, 0.29) is 21.7 Å². The molecule has 0 saturated carbocycles. The Morgan fingerprint density at radius 3 is 2.28 bits per heavy atom. The van der Waals surface area contributed by atoms with Gasteiger partial charge in [-0.05, 0) is 24.6 Å². The first-order valence-electron chi connectivity index (χ1n) is 6.62. The monoisotopic (exact) mass is 389 g/mol. The second kappa shape index (κ2) is 6.77. The van der Waals surface area contributed by atoms with E-state index >= 15 is 0 Å². The zero-order valence-electron chi connectivity index (χ0n) is 12.5. The van der Waals surface area contributed by atoms with E-state index in [1.54, 1.807) is 0 Å². The zero-order valence-corrected chi connectivity index (χ0v) is 13.3. The van der Waals surface area contributed by atoms with Crippen LogP contribution in [0.15, 0.2) is 27.6 Å². The third kappa shape index (κ3) is 4.39. The summed E-state index contributed by atoms with van der Waals surface area (Å²) in [6, 6.07) is 3.02. The number of hydrogen-bond donors (Lipinski definition) is 0. The summed E-state index contributed by atoms with van der Waals surface area (Å²) in [6.45, 7) is -0.0643. The topological polar surface area (TPSA) is 43.1 Å². The van der Waals surface area contributed by atoms with Crippen LogP contribution in [0.2, 0.25) is 0 Å². The lowest BCUT2D eigenvalue weighted by atomic mass is 10.0. The summed E-state index contributed by atoms with van der Waals surface area (Å²) < 4.78 is 104. The Labute approximate surface area is 139 Å². The van der Waals surface area contributed by atoms with Gasteiger partial charge in [-0.1, -0.05) is 11.2 Å². The molecule has 138 valence electrons. The Morgan fingerprint density at radius 2 is 1.80 bits per heavy atom. The van der Waals surface area contributed by atoms with Crippen LogP contribution in [-0.2, 0) is 23.7 Å². The van der Waals surface area contributed by atoms with Gasteiger partial charge in [0.25, 0.3) is 0 Å². The molecule has 0 aliphatic carbocycles. The third-order valence-corrected chi connectivity index (χ3v) is 4.59. The summed E-state index contributed by atoms with van der Waals surface area (Å²) in [6.07, 6.45) is -9.53. The highest BCUT2D eigenvalue weighted by Crippen LogP contribution is 2.37. The first-order valence-corrected chi connectivity index (χ1v) is 7.93. The van der Waals surface area contributed by atoms with E-state index in [0.717, 1.165) is 25.1 Å². The molecule has 0 aliphatic heterocycles. The molecule has 0 N–H and O–H groups in total. The van der Waals surface area contributed by atoms with Crippen LogP contribution in [0.5, 0.6) is 0 Å². The van der Waals surface area contributed by atoms with Gasteiger partial charge >= 0.3 is 12.4 Å². The normalized spacial score (nSPS) is 13.9. The summed E-state index contributed by atoms with van der Waals surface area (Å²) in [5.41, 5.74) is -1.13. The fourth-order valence-corrected chi connectivity index (χ4v) is 3.05. The van der Waals surface area contributed by atoms with E-state index in [1.807, 2.05) is 0 Å². The largest absolute Gasteiger partial charge is 0.452 e. The van der Waals surface area contributed by atoms with E-state index in [9.17, 15) is 34.9 Å². The summed E-state index contributed by atoms with van der Waals surface area (Å²) >= 11 is 0. The maximum Gasteiger partial charge on any atom is 0.452 e. The van der Waals surface area contributed by atoms with Crippen LogP contribution in [0.4, 0.5) is 30.7 Å². The van der Waals surface area contributed by atoms with Gasteiger partial charge in [-0.3, -0.25) is 4.21 Å². The van der Waals surface area contributed by atoms with Crippen molar-refractivity contribution in [2.45, 2.75) is 30.8 Å². The van der Waals surface area contributed by atoms with Crippen molar-refractivity contribution in [1.82, 2.24) is 5.16 Å². The zero-order chi connectivity index (χ0) is 19.0. The van der Waals surface area contributed by atoms with Gasteiger partial charge in [0.2, 0.25) is 5.76 Å². The minimum atomic E-state index is -4.83. The van der Waals surface area contributed by atoms with Gasteiger partial charge in [0.05, 0.1) is 10.8 Å². The highest BCUT2D eigenvalue weighted by Gasteiger charge is 2.39. The molecule has 1 aromatic heterocycles. The van der Waals surface area contributed by atoms with Crippen molar-refractivity contribution in [2.75, 3.05) is 5.75 Å². The number of nitrogens with zero attached hydrogens (tertiary/aromatic N) is 1. The van der Waals surface area contributed by atoms with E-state index < -0.39 is 46.9 Å². The Morgan fingerprint density at radius 1 is 1.16 bits per heavy atom. The lowest BCUT2D eigenvalue weighted by Gasteiger charge is -2.10. The van der Waals surface area contributed by atoms with E-state index in [0.29, 0.717) is 0 Å². The molecule has 1 aromatic carbocycles. The average Bonchev–Trinajstić information content (AvgIpc) is 2.86. The lowest BCUT2D eigenvalue weighted by molar-refractivity contribution is -0.156. The van der Waals surface area contributed by atoms with Crippen LogP contribution in [0.1, 0.15) is 16.9 Å². The molecule has 1 heterocycles. The van der Waals surface area contributed by atoms with Crippen molar-refractivity contribution in [1.29, 1.82) is 0 Å². The van der Waals surface area contributed by atoms with Gasteiger partial charge in [0.1, 0.15) is 18.1 Å². The molecule has 0 saturated heterocycles. The molecule has 1 atom stereocenters. The number of rotatable bonds is 4. The van der Waals surface area contributed by atoms with Gasteiger partial charge in [-0.25, -0.2) is 4.39 Å². The van der Waals surface area contributed by atoms with Crippen LogP contribution in [-0.4, -0.2) is 21.3 Å². The highest BCUT2D eigenvalue weighted by atomic mass is 32.2. The molecule has 1 unspecified atom stereocenters. The maximum absolute atomic E-state index is 13.1. The van der Waals surface area contributed by atoms with Crippen molar-refractivity contribution in [2.24, 2.45) is 0 Å². The molecule has 0 spiro atoms. The molecule has 11 heteroatoms. The Hall–Kier alpha value is -1.91. The minimum Gasteiger partial charge on any atom is -0.351 e. The van der Waals surface area contributed by atoms with E-state index in [1.165, 1.54) is 0 Å². The summed E-state index contributed by atoms with van der Waals surface area (Å²) in [7, 11) is -2.49. The fourth-order valence-electron chi connectivity index (χ4n) is 2.12. The molecule has 0 radical (unpaired) electrons. The number of benzene rings is 1. The van der Waals surface area contributed by atoms with Crippen LogP contribution >= 0.6 is 0 Å². The maximum atomic E-state index is 13.1. The fraction of sp³-hybridized carbons (Fsp3) is 0.357. The Balaban J connectivity index is 2.52. The number of alkyl halides is 7. The standard InChI is InChI=1S/C14H10F7NO2S/c1-7-11(22-24-12(7)14(19,20)21)10-4-9(3-2-8(10)5-15)25(23)6-13(16,17)18/h2-4H,5-6H2,1H3. The van der Waals surface area contributed by atoms with Crippen LogP contribution in [0.3, 0.4) is 0 Å². The predicted octanol–water partition coefficient (Wildman–Crippen LogP) is 4.81. The first-order chi connectivity index (χ1) is 11.4. The molecule has 3 nitrogen and oxygen atoms in total. The van der Waals surface area contributed by atoms with Crippen LogP contribution < -0.4 is 0 Å². The third-order valence-electron chi connectivity index (χ3n) is 3.22. The molecule has 0 amide bonds. The molecule has 2 aromatic rings. The summed E-state index contributed by atoms with van der Waals surface area (Å²) in [4.78, 5) is -0.305. The number of halogens is 7.